The normalized spacial score (nSPS) is 48.8. The zero-order chi connectivity index (χ0) is 26.3. The topological polar surface area (TPSA) is 72.8 Å². The molecule has 1 heterocycles. The highest BCUT2D eigenvalue weighted by Gasteiger charge is 2.70. The van der Waals surface area contributed by atoms with E-state index in [0.29, 0.717) is 17.3 Å². The maximum absolute atomic E-state index is 13.3. The summed E-state index contributed by atoms with van der Waals surface area (Å²) in [6.07, 6.45) is 8.82. The highest BCUT2D eigenvalue weighted by atomic mass is 16.6. The Morgan fingerprint density at radius 2 is 1.78 bits per heavy atom. The third kappa shape index (κ3) is 3.50. The van der Waals surface area contributed by atoms with E-state index in [1.165, 1.54) is 38.5 Å². The summed E-state index contributed by atoms with van der Waals surface area (Å²) in [6.45, 7) is 15.7. The molecule has 5 rings (SSSR count). The largest absolute Gasteiger partial charge is 0.461 e. The van der Waals surface area contributed by atoms with Crippen LogP contribution in [0.3, 0.4) is 0 Å². The van der Waals surface area contributed by atoms with Gasteiger partial charge in [-0.25, -0.2) is 4.79 Å². The fourth-order valence-corrected chi connectivity index (χ4v) is 10.6. The summed E-state index contributed by atoms with van der Waals surface area (Å²) in [5.41, 5.74) is 2.01. The Balaban J connectivity index is 1.61. The molecular formula is C31H48O5. The number of aliphatic hydroxyl groups excluding tert-OH is 1. The standard InChI is InChI=1S/C31H48O5/c1-8-28(4)13-9-14-29(5)21(28)12-15-30(6)22-11-10-20-19(3)35-27(34)26(20)31(22,7)24(17-23(29)30)36-25(33)16-18(2)32/h18-19,21-24,32H,8-17H2,1-7H3. The minimum atomic E-state index is -0.743. The van der Waals surface area contributed by atoms with E-state index >= 15 is 0 Å². The number of cyclic esters (lactones) is 1. The average Bonchev–Trinajstić information content (AvgIpc) is 3.08. The smallest absolute Gasteiger partial charge is 0.335 e. The van der Waals surface area contributed by atoms with Crippen LogP contribution < -0.4 is 0 Å². The van der Waals surface area contributed by atoms with Gasteiger partial charge in [-0.3, -0.25) is 4.79 Å². The Bertz CT molecular complexity index is 968. The fraction of sp³-hybridized carbons (Fsp3) is 0.871. The van der Waals surface area contributed by atoms with Crippen LogP contribution in [-0.4, -0.2) is 35.4 Å². The van der Waals surface area contributed by atoms with E-state index in [9.17, 15) is 14.7 Å². The summed E-state index contributed by atoms with van der Waals surface area (Å²) in [7, 11) is 0. The van der Waals surface area contributed by atoms with Gasteiger partial charge in [0.1, 0.15) is 12.2 Å². The van der Waals surface area contributed by atoms with Crippen LogP contribution in [0.15, 0.2) is 11.1 Å². The molecule has 10 atom stereocenters. The number of carbonyl (C=O) groups is 2. The lowest BCUT2D eigenvalue weighted by Crippen LogP contribution is -2.66. The van der Waals surface area contributed by atoms with Gasteiger partial charge in [-0.1, -0.05) is 47.5 Å². The van der Waals surface area contributed by atoms with Crippen LogP contribution in [0.25, 0.3) is 0 Å². The van der Waals surface area contributed by atoms with Crippen LogP contribution in [0.4, 0.5) is 0 Å². The molecule has 0 aromatic carbocycles. The Morgan fingerprint density at radius 1 is 1.08 bits per heavy atom. The molecule has 5 heteroatoms. The summed E-state index contributed by atoms with van der Waals surface area (Å²) in [5.74, 6) is 0.811. The molecular weight excluding hydrogens is 452 g/mol. The molecule has 3 saturated carbocycles. The number of esters is 2. The van der Waals surface area contributed by atoms with E-state index in [4.69, 9.17) is 9.47 Å². The first-order valence-electron chi connectivity index (χ1n) is 14.6. The highest BCUT2D eigenvalue weighted by Crippen LogP contribution is 2.74. The zero-order valence-corrected chi connectivity index (χ0v) is 23.6. The Hall–Kier alpha value is -1.36. The third-order valence-electron chi connectivity index (χ3n) is 12.4. The van der Waals surface area contributed by atoms with Gasteiger partial charge in [0.05, 0.1) is 12.5 Å². The molecule has 202 valence electrons. The van der Waals surface area contributed by atoms with Gasteiger partial charge in [-0.05, 0) is 98.4 Å². The minimum Gasteiger partial charge on any atom is -0.461 e. The van der Waals surface area contributed by atoms with E-state index < -0.39 is 11.5 Å². The molecule has 0 bridgehead atoms. The summed E-state index contributed by atoms with van der Waals surface area (Å²) in [6, 6.07) is 0. The van der Waals surface area contributed by atoms with Crippen LogP contribution in [0, 0.1) is 39.4 Å². The quantitative estimate of drug-likeness (QED) is 0.454. The van der Waals surface area contributed by atoms with Crippen molar-refractivity contribution >= 4 is 11.9 Å². The number of rotatable bonds is 4. The molecule has 0 aromatic heterocycles. The van der Waals surface area contributed by atoms with Gasteiger partial charge in [0.25, 0.3) is 0 Å². The summed E-state index contributed by atoms with van der Waals surface area (Å²) in [5, 5.41) is 9.90. The SMILES string of the molecule is CCC1(C)CCCC2(C)C1CCC1(C)C2CC(OC(=O)CC(C)O)C2(C)C3=C(CCC12)C(C)OC3=O. The van der Waals surface area contributed by atoms with Crippen molar-refractivity contribution in [1.82, 2.24) is 0 Å². The first-order valence-corrected chi connectivity index (χ1v) is 14.6. The van der Waals surface area contributed by atoms with Crippen molar-refractivity contribution in [1.29, 1.82) is 0 Å². The molecule has 5 nitrogen and oxygen atoms in total. The van der Waals surface area contributed by atoms with Crippen LogP contribution in [-0.2, 0) is 19.1 Å². The average molecular weight is 501 g/mol. The predicted molar refractivity (Wildman–Crippen MR) is 139 cm³/mol. The van der Waals surface area contributed by atoms with Crippen molar-refractivity contribution in [3.63, 3.8) is 0 Å². The van der Waals surface area contributed by atoms with E-state index in [1.54, 1.807) is 6.92 Å². The lowest BCUT2D eigenvalue weighted by Gasteiger charge is -2.70. The first-order chi connectivity index (χ1) is 16.8. The zero-order valence-electron chi connectivity index (χ0n) is 23.6. The maximum Gasteiger partial charge on any atom is 0.335 e. The molecule has 0 amide bonds. The predicted octanol–water partition coefficient (Wildman–Crippen LogP) is 6.37. The molecule has 4 aliphatic carbocycles. The first kappa shape index (κ1) is 26.3. The summed E-state index contributed by atoms with van der Waals surface area (Å²) in [4.78, 5) is 26.3. The van der Waals surface area contributed by atoms with Crippen molar-refractivity contribution in [2.75, 3.05) is 0 Å². The summed E-state index contributed by atoms with van der Waals surface area (Å²) >= 11 is 0. The second kappa shape index (κ2) is 8.58. The number of fused-ring (bicyclic) bond motifs is 6. The van der Waals surface area contributed by atoms with Gasteiger partial charge in [-0.15, -0.1) is 0 Å². The number of hydrogen-bond acceptors (Lipinski definition) is 5. The van der Waals surface area contributed by atoms with E-state index in [1.807, 2.05) is 6.92 Å². The lowest BCUT2D eigenvalue weighted by molar-refractivity contribution is -0.228. The van der Waals surface area contributed by atoms with Crippen LogP contribution in [0.5, 0.6) is 0 Å². The monoisotopic (exact) mass is 500 g/mol. The molecule has 0 saturated heterocycles. The van der Waals surface area contributed by atoms with Crippen molar-refractivity contribution < 1.29 is 24.2 Å². The molecule has 0 aromatic rings. The molecule has 1 aliphatic heterocycles. The van der Waals surface area contributed by atoms with Crippen molar-refractivity contribution in [3.05, 3.63) is 11.1 Å². The number of hydrogen-bond donors (Lipinski definition) is 1. The van der Waals surface area contributed by atoms with Gasteiger partial charge >= 0.3 is 11.9 Å². The van der Waals surface area contributed by atoms with Crippen molar-refractivity contribution in [2.45, 2.75) is 131 Å². The van der Waals surface area contributed by atoms with Crippen LogP contribution in [0.1, 0.15) is 113 Å². The number of aliphatic hydroxyl groups is 1. The van der Waals surface area contributed by atoms with Gasteiger partial charge in [0.15, 0.2) is 0 Å². The Kier molecular flexibility index (Phi) is 6.26. The molecule has 1 N–H and O–H groups in total. The number of ether oxygens (including phenoxy) is 2. The maximum atomic E-state index is 13.3. The van der Waals surface area contributed by atoms with Gasteiger partial charge in [-0.2, -0.15) is 0 Å². The molecule has 5 aliphatic rings. The number of carbonyl (C=O) groups excluding carboxylic acids is 2. The second-order valence-electron chi connectivity index (χ2n) is 14.1. The van der Waals surface area contributed by atoms with Crippen LogP contribution >= 0.6 is 0 Å². The molecule has 0 spiro atoms. The van der Waals surface area contributed by atoms with Crippen molar-refractivity contribution in [2.24, 2.45) is 39.4 Å². The molecule has 10 unspecified atom stereocenters. The van der Waals surface area contributed by atoms with Gasteiger partial charge < -0.3 is 14.6 Å². The molecule has 3 fully saturated rings. The lowest BCUT2D eigenvalue weighted by atomic mass is 9.35. The third-order valence-corrected chi connectivity index (χ3v) is 12.4. The van der Waals surface area contributed by atoms with E-state index in [-0.39, 0.29) is 47.3 Å². The Morgan fingerprint density at radius 3 is 2.44 bits per heavy atom. The highest BCUT2D eigenvalue weighted by molar-refractivity contribution is 5.94. The molecule has 36 heavy (non-hydrogen) atoms. The van der Waals surface area contributed by atoms with E-state index in [0.717, 1.165) is 30.4 Å². The minimum absolute atomic E-state index is 0.0142. The van der Waals surface area contributed by atoms with Gasteiger partial charge in [0.2, 0.25) is 0 Å². The Labute approximate surface area is 217 Å². The van der Waals surface area contributed by atoms with E-state index in [2.05, 4.69) is 34.6 Å². The fourth-order valence-electron chi connectivity index (χ4n) is 10.6. The van der Waals surface area contributed by atoms with Crippen molar-refractivity contribution in [3.8, 4) is 0 Å². The van der Waals surface area contributed by atoms with Gasteiger partial charge in [0, 0.05) is 11.0 Å². The molecule has 0 radical (unpaired) electrons. The summed E-state index contributed by atoms with van der Waals surface area (Å²) < 4.78 is 12.1. The van der Waals surface area contributed by atoms with Crippen LogP contribution in [0.2, 0.25) is 0 Å². The second-order valence-corrected chi connectivity index (χ2v) is 14.1.